The number of aromatic nitrogens is 1. The van der Waals surface area contributed by atoms with Gasteiger partial charge in [0, 0.05) is 30.4 Å². The van der Waals surface area contributed by atoms with Crippen molar-refractivity contribution in [2.45, 2.75) is 46.0 Å². The van der Waals surface area contributed by atoms with Crippen LogP contribution in [0.1, 0.15) is 50.7 Å². The molecule has 0 N–H and O–H groups in total. The van der Waals surface area contributed by atoms with Crippen LogP contribution in [0.15, 0.2) is 24.4 Å². The first-order valence-corrected chi connectivity index (χ1v) is 8.00. The van der Waals surface area contributed by atoms with Crippen molar-refractivity contribution in [1.82, 2.24) is 4.98 Å². The summed E-state index contributed by atoms with van der Waals surface area (Å²) in [4.78, 5) is 7.16. The minimum absolute atomic E-state index is 0.646. The van der Waals surface area contributed by atoms with Gasteiger partial charge in [-0.2, -0.15) is 0 Å². The number of pyridine rings is 1. The van der Waals surface area contributed by atoms with E-state index in [0.717, 1.165) is 0 Å². The molecule has 1 aromatic heterocycles. The van der Waals surface area contributed by atoms with Crippen molar-refractivity contribution >= 4 is 16.6 Å². The molecule has 20 heavy (non-hydrogen) atoms. The maximum absolute atomic E-state index is 4.57. The fraction of sp³-hybridized carbons (Fsp3) is 0.500. The van der Waals surface area contributed by atoms with E-state index in [1.54, 1.807) is 0 Å². The maximum atomic E-state index is 4.57. The van der Waals surface area contributed by atoms with Gasteiger partial charge in [-0.15, -0.1) is 0 Å². The molecule has 2 heteroatoms. The van der Waals surface area contributed by atoms with Gasteiger partial charge in [0.25, 0.3) is 0 Å². The highest BCUT2D eigenvalue weighted by Crippen LogP contribution is 2.41. The molecule has 2 nitrogen and oxygen atoms in total. The summed E-state index contributed by atoms with van der Waals surface area (Å²) in [6.07, 6.45) is 5.75. The molecule has 2 aliphatic rings. The van der Waals surface area contributed by atoms with Crippen LogP contribution in [-0.4, -0.2) is 18.1 Å². The Labute approximate surface area is 121 Å². The van der Waals surface area contributed by atoms with Gasteiger partial charge in [-0.1, -0.05) is 26.8 Å². The zero-order valence-electron chi connectivity index (χ0n) is 12.8. The van der Waals surface area contributed by atoms with Crippen molar-refractivity contribution in [2.24, 2.45) is 0 Å². The predicted molar refractivity (Wildman–Crippen MR) is 86.7 cm³/mol. The quantitative estimate of drug-likeness (QED) is 0.698. The predicted octanol–water partition coefficient (Wildman–Crippen LogP) is 4.52. The van der Waals surface area contributed by atoms with Gasteiger partial charge >= 0.3 is 0 Å². The largest absolute Gasteiger partial charge is 0.371 e. The minimum atomic E-state index is 0.646. The Balaban J connectivity index is 0.000000581. The second-order valence-electron chi connectivity index (χ2n) is 5.65. The number of hydrogen-bond acceptors (Lipinski definition) is 2. The monoisotopic (exact) mass is 268 g/mol. The van der Waals surface area contributed by atoms with E-state index in [1.165, 1.54) is 60.1 Å². The molecule has 3 heterocycles. The van der Waals surface area contributed by atoms with Crippen LogP contribution >= 0.6 is 0 Å². The third kappa shape index (κ3) is 1.98. The van der Waals surface area contributed by atoms with Crippen LogP contribution in [0, 0.1) is 0 Å². The standard InChI is InChI=1S/C16H18N2.C2H6/c1-11-7-10-18-9-2-3-12-4-5-14-15(16(12)18)13(11)6-8-17-14;1-2/h4-6,8,11H,2-3,7,9-10H2,1H3;1-2H3. The van der Waals surface area contributed by atoms with Gasteiger partial charge in [0.1, 0.15) is 0 Å². The van der Waals surface area contributed by atoms with Gasteiger partial charge in [0.05, 0.1) is 5.52 Å². The van der Waals surface area contributed by atoms with Crippen LogP contribution in [-0.2, 0) is 6.42 Å². The van der Waals surface area contributed by atoms with E-state index in [4.69, 9.17) is 0 Å². The van der Waals surface area contributed by atoms with Gasteiger partial charge < -0.3 is 4.90 Å². The summed E-state index contributed by atoms with van der Waals surface area (Å²) in [5.41, 5.74) is 5.69. The number of benzene rings is 1. The normalized spacial score (nSPS) is 20.1. The van der Waals surface area contributed by atoms with E-state index in [-0.39, 0.29) is 0 Å². The lowest BCUT2D eigenvalue weighted by Gasteiger charge is -2.31. The Hall–Kier alpha value is -1.57. The number of nitrogens with zero attached hydrogens (tertiary/aromatic N) is 2. The molecule has 0 bridgehead atoms. The lowest BCUT2D eigenvalue weighted by atomic mass is 9.93. The minimum Gasteiger partial charge on any atom is -0.371 e. The third-order valence-electron chi connectivity index (χ3n) is 4.55. The number of aryl methyl sites for hydroxylation is 1. The van der Waals surface area contributed by atoms with Crippen LogP contribution in [0.2, 0.25) is 0 Å². The summed E-state index contributed by atoms with van der Waals surface area (Å²) in [7, 11) is 0. The molecule has 0 saturated carbocycles. The van der Waals surface area contributed by atoms with Crippen molar-refractivity contribution in [3.8, 4) is 0 Å². The number of hydrogen-bond donors (Lipinski definition) is 0. The zero-order valence-corrected chi connectivity index (χ0v) is 12.8. The molecular formula is C18H24N2. The Morgan fingerprint density at radius 3 is 2.85 bits per heavy atom. The average Bonchev–Trinajstić information content (AvgIpc) is 2.67. The van der Waals surface area contributed by atoms with Crippen LogP contribution < -0.4 is 4.90 Å². The summed E-state index contributed by atoms with van der Waals surface area (Å²) >= 11 is 0. The second-order valence-corrected chi connectivity index (χ2v) is 5.65. The first-order chi connectivity index (χ1) is 9.84. The van der Waals surface area contributed by atoms with Crippen molar-refractivity contribution in [2.75, 3.05) is 18.0 Å². The molecule has 0 aliphatic carbocycles. The smallest absolute Gasteiger partial charge is 0.0725 e. The molecule has 1 unspecified atom stereocenters. The van der Waals surface area contributed by atoms with E-state index in [9.17, 15) is 0 Å². The molecule has 0 amide bonds. The molecule has 106 valence electrons. The van der Waals surface area contributed by atoms with Crippen LogP contribution in [0.3, 0.4) is 0 Å². The van der Waals surface area contributed by atoms with Crippen LogP contribution in [0.25, 0.3) is 10.9 Å². The molecule has 1 aromatic carbocycles. The fourth-order valence-electron chi connectivity index (χ4n) is 3.57. The highest BCUT2D eigenvalue weighted by atomic mass is 15.1. The summed E-state index contributed by atoms with van der Waals surface area (Å²) in [6.45, 7) is 8.77. The molecule has 0 fully saturated rings. The Morgan fingerprint density at radius 1 is 1.15 bits per heavy atom. The molecule has 0 saturated heterocycles. The number of rotatable bonds is 0. The van der Waals surface area contributed by atoms with Crippen molar-refractivity contribution in [1.29, 1.82) is 0 Å². The lowest BCUT2D eigenvalue weighted by Crippen LogP contribution is -2.29. The topological polar surface area (TPSA) is 16.1 Å². The highest BCUT2D eigenvalue weighted by molar-refractivity contribution is 5.97. The van der Waals surface area contributed by atoms with E-state index < -0.39 is 0 Å². The molecule has 0 radical (unpaired) electrons. The molecule has 0 spiro atoms. The third-order valence-corrected chi connectivity index (χ3v) is 4.55. The zero-order chi connectivity index (χ0) is 14.1. The SMILES string of the molecule is CC.CC1CCN2CCCc3ccc4nccc1c4c32. The van der Waals surface area contributed by atoms with Crippen molar-refractivity contribution in [3.63, 3.8) is 0 Å². The summed E-state index contributed by atoms with van der Waals surface area (Å²) in [6, 6.07) is 6.72. The fourth-order valence-corrected chi connectivity index (χ4v) is 3.57. The van der Waals surface area contributed by atoms with Gasteiger partial charge in [0.2, 0.25) is 0 Å². The Bertz CT molecular complexity index is 618. The van der Waals surface area contributed by atoms with Crippen molar-refractivity contribution in [3.05, 3.63) is 35.5 Å². The van der Waals surface area contributed by atoms with Gasteiger partial charge in [-0.3, -0.25) is 4.98 Å². The van der Waals surface area contributed by atoms with Gasteiger partial charge in [-0.05, 0) is 48.4 Å². The molecular weight excluding hydrogens is 244 g/mol. The van der Waals surface area contributed by atoms with Crippen LogP contribution in [0.5, 0.6) is 0 Å². The number of anilines is 1. The highest BCUT2D eigenvalue weighted by Gasteiger charge is 2.26. The summed E-state index contributed by atoms with van der Waals surface area (Å²) in [5, 5.41) is 1.43. The van der Waals surface area contributed by atoms with E-state index in [0.29, 0.717) is 5.92 Å². The van der Waals surface area contributed by atoms with Crippen molar-refractivity contribution < 1.29 is 0 Å². The first-order valence-electron chi connectivity index (χ1n) is 8.00. The Kier molecular flexibility index (Phi) is 3.64. The summed E-state index contributed by atoms with van der Waals surface area (Å²) in [5.74, 6) is 0.646. The van der Waals surface area contributed by atoms with Crippen LogP contribution in [0.4, 0.5) is 5.69 Å². The molecule has 2 aromatic rings. The lowest BCUT2D eigenvalue weighted by molar-refractivity contribution is 0.632. The average molecular weight is 268 g/mol. The molecule has 2 aliphatic heterocycles. The maximum Gasteiger partial charge on any atom is 0.0725 e. The van der Waals surface area contributed by atoms with Gasteiger partial charge in [0.15, 0.2) is 0 Å². The summed E-state index contributed by atoms with van der Waals surface area (Å²) < 4.78 is 0. The molecule has 4 rings (SSSR count). The first kappa shape index (κ1) is 13.4. The Morgan fingerprint density at radius 2 is 2.00 bits per heavy atom. The van der Waals surface area contributed by atoms with E-state index >= 15 is 0 Å². The van der Waals surface area contributed by atoms with Gasteiger partial charge in [-0.25, -0.2) is 0 Å². The second kappa shape index (κ2) is 5.43. The molecule has 1 atom stereocenters. The van der Waals surface area contributed by atoms with E-state index in [1.807, 2.05) is 20.0 Å². The van der Waals surface area contributed by atoms with E-state index in [2.05, 4.69) is 35.0 Å².